The van der Waals surface area contributed by atoms with E-state index >= 15 is 0 Å². The summed E-state index contributed by atoms with van der Waals surface area (Å²) in [5, 5.41) is 2.99. The van der Waals surface area contributed by atoms with Crippen LogP contribution in [0.4, 0.5) is 20.6 Å². The van der Waals surface area contributed by atoms with Crippen LogP contribution in [-0.2, 0) is 11.3 Å². The van der Waals surface area contributed by atoms with Crippen LogP contribution in [0.25, 0.3) is 0 Å². The van der Waals surface area contributed by atoms with Crippen LogP contribution in [0, 0.1) is 18.7 Å². The Kier molecular flexibility index (Phi) is 5.03. The van der Waals surface area contributed by atoms with E-state index in [9.17, 15) is 14.0 Å². The Morgan fingerprint density at radius 2 is 1.96 bits per heavy atom. The number of carbonyl (C=O) groups excluding carboxylic acids is 2. The molecule has 0 unspecified atom stereocenters. The van der Waals surface area contributed by atoms with Crippen molar-refractivity contribution in [1.82, 2.24) is 4.90 Å². The van der Waals surface area contributed by atoms with Gasteiger partial charge in [-0.15, -0.1) is 0 Å². The summed E-state index contributed by atoms with van der Waals surface area (Å²) < 4.78 is 14.0. The number of benzene rings is 2. The van der Waals surface area contributed by atoms with Gasteiger partial charge in [0.05, 0.1) is 17.9 Å². The van der Waals surface area contributed by atoms with Gasteiger partial charge in [-0.2, -0.15) is 0 Å². The van der Waals surface area contributed by atoms with Crippen molar-refractivity contribution >= 4 is 23.3 Å². The first kappa shape index (κ1) is 18.5. The van der Waals surface area contributed by atoms with Gasteiger partial charge in [0.25, 0.3) is 0 Å². The molecule has 1 heterocycles. The molecule has 2 aromatic rings. The quantitative estimate of drug-likeness (QED) is 0.839. The highest BCUT2D eigenvalue weighted by molar-refractivity contribution is 6.02. The van der Waals surface area contributed by atoms with Crippen molar-refractivity contribution in [2.75, 3.05) is 23.3 Å². The molecule has 6 heteroatoms. The molecule has 1 aliphatic carbocycles. The van der Waals surface area contributed by atoms with Crippen molar-refractivity contribution < 1.29 is 14.0 Å². The number of aryl methyl sites for hydroxylation is 1. The van der Waals surface area contributed by atoms with Crippen LogP contribution in [0.1, 0.15) is 30.4 Å². The fourth-order valence-corrected chi connectivity index (χ4v) is 3.55. The molecule has 1 saturated carbocycles. The predicted octanol–water partition coefficient (Wildman–Crippen LogP) is 4.31. The lowest BCUT2D eigenvalue weighted by atomic mass is 10.1. The van der Waals surface area contributed by atoms with Gasteiger partial charge in [-0.3, -0.25) is 9.69 Å². The average molecular weight is 381 g/mol. The van der Waals surface area contributed by atoms with Crippen LogP contribution >= 0.6 is 0 Å². The maximum Gasteiger partial charge on any atom is 0.324 e. The minimum Gasteiger partial charge on any atom is -0.324 e. The highest BCUT2D eigenvalue weighted by Crippen LogP contribution is 2.34. The molecule has 1 aliphatic heterocycles. The van der Waals surface area contributed by atoms with Crippen molar-refractivity contribution in [3.05, 3.63) is 59.4 Å². The Balaban J connectivity index is 1.57. The zero-order valence-corrected chi connectivity index (χ0v) is 16.0. The van der Waals surface area contributed by atoms with E-state index in [2.05, 4.69) is 5.32 Å². The standard InChI is InChI=1S/C22H24FN3O2/c1-15-7-10-20(19(13-15)24-21(27)16-8-9-16)26-12-4-11-25(22(26)28)14-17-5-2-3-6-18(17)23/h2-3,5-7,10,13,16H,4,8-9,11-12,14H2,1H3,(H,24,27). The molecule has 0 bridgehead atoms. The fourth-order valence-electron chi connectivity index (χ4n) is 3.55. The van der Waals surface area contributed by atoms with Crippen LogP contribution < -0.4 is 10.2 Å². The number of rotatable bonds is 5. The largest absolute Gasteiger partial charge is 0.324 e. The normalized spacial score (nSPS) is 17.0. The van der Waals surface area contributed by atoms with E-state index in [-0.39, 0.29) is 30.2 Å². The molecule has 0 aromatic heterocycles. The number of hydrogen-bond acceptors (Lipinski definition) is 2. The van der Waals surface area contributed by atoms with Gasteiger partial charge in [0, 0.05) is 24.6 Å². The summed E-state index contributed by atoms with van der Waals surface area (Å²) >= 11 is 0. The Bertz CT molecular complexity index is 910. The van der Waals surface area contributed by atoms with Gasteiger partial charge in [-0.1, -0.05) is 24.3 Å². The number of carbonyl (C=O) groups is 2. The lowest BCUT2D eigenvalue weighted by Crippen LogP contribution is -2.49. The minimum absolute atomic E-state index is 0.0134. The third kappa shape index (κ3) is 3.86. The number of amides is 3. The fraction of sp³-hybridized carbons (Fsp3) is 0.364. The van der Waals surface area contributed by atoms with Crippen LogP contribution in [0.5, 0.6) is 0 Å². The summed E-state index contributed by atoms with van der Waals surface area (Å²) in [4.78, 5) is 28.8. The number of nitrogens with zero attached hydrogens (tertiary/aromatic N) is 2. The third-order valence-electron chi connectivity index (χ3n) is 5.28. The molecule has 4 rings (SSSR count). The van der Waals surface area contributed by atoms with Crippen molar-refractivity contribution in [3.8, 4) is 0 Å². The third-order valence-corrected chi connectivity index (χ3v) is 5.28. The van der Waals surface area contributed by atoms with Gasteiger partial charge in [0.15, 0.2) is 0 Å². The van der Waals surface area contributed by atoms with E-state index in [1.807, 2.05) is 25.1 Å². The molecule has 146 valence electrons. The Morgan fingerprint density at radius 3 is 2.71 bits per heavy atom. The molecular weight excluding hydrogens is 357 g/mol. The zero-order valence-electron chi connectivity index (χ0n) is 16.0. The van der Waals surface area contributed by atoms with E-state index in [1.54, 1.807) is 28.0 Å². The number of nitrogens with one attached hydrogen (secondary N) is 1. The molecule has 1 N–H and O–H groups in total. The van der Waals surface area contributed by atoms with Crippen molar-refractivity contribution in [2.24, 2.45) is 5.92 Å². The first-order chi connectivity index (χ1) is 13.5. The summed E-state index contributed by atoms with van der Waals surface area (Å²) in [6.07, 6.45) is 2.63. The van der Waals surface area contributed by atoms with Crippen molar-refractivity contribution in [2.45, 2.75) is 32.7 Å². The van der Waals surface area contributed by atoms with Crippen LogP contribution in [0.15, 0.2) is 42.5 Å². The van der Waals surface area contributed by atoms with Crippen LogP contribution in [-0.4, -0.2) is 29.9 Å². The van der Waals surface area contributed by atoms with Gasteiger partial charge >= 0.3 is 6.03 Å². The molecule has 5 nitrogen and oxygen atoms in total. The van der Waals surface area contributed by atoms with Gasteiger partial charge in [-0.05, 0) is 49.9 Å². The first-order valence-corrected chi connectivity index (χ1v) is 9.74. The van der Waals surface area contributed by atoms with E-state index in [0.717, 1.165) is 24.8 Å². The van der Waals surface area contributed by atoms with Gasteiger partial charge in [0.1, 0.15) is 5.82 Å². The van der Waals surface area contributed by atoms with Crippen molar-refractivity contribution in [1.29, 1.82) is 0 Å². The molecule has 1 saturated heterocycles. The average Bonchev–Trinajstić information content (AvgIpc) is 3.51. The maximum absolute atomic E-state index is 14.0. The number of urea groups is 1. The van der Waals surface area contributed by atoms with E-state index < -0.39 is 0 Å². The zero-order chi connectivity index (χ0) is 19.7. The summed E-state index contributed by atoms with van der Waals surface area (Å²) in [5.74, 6) is -0.206. The molecule has 28 heavy (non-hydrogen) atoms. The van der Waals surface area contributed by atoms with Gasteiger partial charge in [0.2, 0.25) is 5.91 Å². The summed E-state index contributed by atoms with van der Waals surface area (Å²) in [6.45, 7) is 3.35. The van der Waals surface area contributed by atoms with Crippen LogP contribution in [0.3, 0.4) is 0 Å². The SMILES string of the molecule is Cc1ccc(N2CCCN(Cc3ccccc3F)C2=O)c(NC(=O)C2CC2)c1. The Labute approximate surface area is 164 Å². The van der Waals surface area contributed by atoms with Crippen LogP contribution in [0.2, 0.25) is 0 Å². The molecule has 0 spiro atoms. The number of halogens is 1. The summed E-state index contributed by atoms with van der Waals surface area (Å²) in [7, 11) is 0. The molecule has 2 aromatic carbocycles. The predicted molar refractivity (Wildman–Crippen MR) is 107 cm³/mol. The molecule has 2 aliphatic rings. The highest BCUT2D eigenvalue weighted by atomic mass is 19.1. The smallest absolute Gasteiger partial charge is 0.324 e. The summed E-state index contributed by atoms with van der Waals surface area (Å²) in [5.41, 5.74) is 2.88. The Morgan fingerprint density at radius 1 is 1.18 bits per heavy atom. The molecule has 3 amide bonds. The van der Waals surface area contributed by atoms with E-state index in [0.29, 0.717) is 30.0 Å². The second kappa shape index (κ2) is 7.62. The van der Waals surface area contributed by atoms with Gasteiger partial charge < -0.3 is 10.2 Å². The highest BCUT2D eigenvalue weighted by Gasteiger charge is 2.32. The molecule has 0 radical (unpaired) electrons. The Hall–Kier alpha value is -2.89. The first-order valence-electron chi connectivity index (χ1n) is 9.74. The lowest BCUT2D eigenvalue weighted by Gasteiger charge is -2.36. The second-order valence-electron chi connectivity index (χ2n) is 7.58. The second-order valence-corrected chi connectivity index (χ2v) is 7.58. The number of hydrogen-bond donors (Lipinski definition) is 1. The van der Waals surface area contributed by atoms with E-state index in [4.69, 9.17) is 0 Å². The topological polar surface area (TPSA) is 52.6 Å². The number of anilines is 2. The molecule has 2 fully saturated rings. The lowest BCUT2D eigenvalue weighted by molar-refractivity contribution is -0.117. The molecular formula is C22H24FN3O2. The van der Waals surface area contributed by atoms with Gasteiger partial charge in [-0.25, -0.2) is 9.18 Å². The van der Waals surface area contributed by atoms with Crippen molar-refractivity contribution in [3.63, 3.8) is 0 Å². The summed E-state index contributed by atoms with van der Waals surface area (Å²) in [6, 6.07) is 12.1. The minimum atomic E-state index is -0.305. The van der Waals surface area contributed by atoms with E-state index in [1.165, 1.54) is 6.07 Å². The molecule has 0 atom stereocenters. The monoisotopic (exact) mass is 381 g/mol. The maximum atomic E-state index is 14.0.